The third-order valence-corrected chi connectivity index (χ3v) is 5.14. The zero-order chi connectivity index (χ0) is 23.5. The molecule has 2 aromatic heterocycles. The molecule has 0 spiro atoms. The fraction of sp³-hybridized carbons (Fsp3) is 0.0833. The monoisotopic (exact) mass is 460 g/mol. The number of amides is 1. The number of carbonyl (C=O) groups is 1. The van der Waals surface area contributed by atoms with E-state index in [2.05, 4.69) is 32.3 Å². The Labute approximate surface area is 194 Å². The third kappa shape index (κ3) is 4.54. The van der Waals surface area contributed by atoms with Crippen LogP contribution in [-0.4, -0.2) is 25.9 Å². The number of benzene rings is 2. The van der Waals surface area contributed by atoms with Gasteiger partial charge in [0.15, 0.2) is 5.82 Å². The second-order valence-electron chi connectivity index (χ2n) is 7.12. The molecule has 0 unspecified atom stereocenters. The van der Waals surface area contributed by atoms with E-state index in [9.17, 15) is 9.18 Å². The largest absolute Gasteiger partial charge is 0.398 e. The van der Waals surface area contributed by atoms with Crippen molar-refractivity contribution in [1.29, 1.82) is 0 Å². The standard InChI is InChI=1S/C24H18ClFN6O/c1-3-4-15-10-19(14(2)9-20(15)18-6-5-16(26)11-22(18)27)24(33)31-17-12-21(25)23(28-13-17)32-29-7-8-30-32/h5-13H,27H2,1-2H3,(H,31,33). The SMILES string of the molecule is CC#Cc1cc(C(=O)Nc2cnc(-n3nccn3)c(Cl)c2)c(C)cc1-c1ccc(F)cc1N. The Morgan fingerprint density at radius 3 is 2.58 bits per heavy atom. The molecule has 9 heteroatoms. The van der Waals surface area contributed by atoms with Crippen LogP contribution in [0.4, 0.5) is 15.8 Å². The molecule has 0 saturated carbocycles. The molecule has 2 heterocycles. The van der Waals surface area contributed by atoms with Crippen molar-refractivity contribution >= 4 is 28.9 Å². The van der Waals surface area contributed by atoms with E-state index in [1.54, 1.807) is 32.0 Å². The van der Waals surface area contributed by atoms with Gasteiger partial charge in [0.25, 0.3) is 5.91 Å². The molecule has 4 aromatic rings. The van der Waals surface area contributed by atoms with Crippen LogP contribution in [-0.2, 0) is 0 Å². The van der Waals surface area contributed by atoms with Crippen molar-refractivity contribution < 1.29 is 9.18 Å². The summed E-state index contributed by atoms with van der Waals surface area (Å²) in [4.78, 5) is 18.6. The lowest BCUT2D eigenvalue weighted by molar-refractivity contribution is 0.102. The summed E-state index contributed by atoms with van der Waals surface area (Å²) in [6, 6.07) is 9.27. The van der Waals surface area contributed by atoms with Crippen LogP contribution in [0.15, 0.2) is 55.0 Å². The topological polar surface area (TPSA) is 98.7 Å². The van der Waals surface area contributed by atoms with Gasteiger partial charge in [-0.2, -0.15) is 10.2 Å². The van der Waals surface area contributed by atoms with Crippen LogP contribution in [0.25, 0.3) is 16.9 Å². The van der Waals surface area contributed by atoms with Gasteiger partial charge < -0.3 is 11.1 Å². The molecule has 7 nitrogen and oxygen atoms in total. The van der Waals surface area contributed by atoms with Gasteiger partial charge in [0, 0.05) is 22.4 Å². The fourth-order valence-corrected chi connectivity index (χ4v) is 3.60. The number of rotatable bonds is 4. The van der Waals surface area contributed by atoms with Gasteiger partial charge in [-0.15, -0.1) is 10.7 Å². The van der Waals surface area contributed by atoms with Crippen LogP contribution in [0.3, 0.4) is 0 Å². The first-order valence-corrected chi connectivity index (χ1v) is 10.2. The molecule has 0 saturated heterocycles. The quantitative estimate of drug-likeness (QED) is 0.341. The minimum Gasteiger partial charge on any atom is -0.398 e. The molecular formula is C24H18ClFN6O. The highest BCUT2D eigenvalue weighted by atomic mass is 35.5. The lowest BCUT2D eigenvalue weighted by Gasteiger charge is -2.14. The molecule has 3 N–H and O–H groups in total. The average Bonchev–Trinajstić information content (AvgIpc) is 3.30. The summed E-state index contributed by atoms with van der Waals surface area (Å²) in [7, 11) is 0. The first-order chi connectivity index (χ1) is 15.9. The molecule has 0 fully saturated rings. The Bertz CT molecular complexity index is 1420. The molecule has 0 aliphatic heterocycles. The number of nitrogens with two attached hydrogens (primary N) is 1. The number of hydrogen-bond donors (Lipinski definition) is 2. The average molecular weight is 461 g/mol. The van der Waals surface area contributed by atoms with E-state index in [0.717, 1.165) is 5.56 Å². The lowest BCUT2D eigenvalue weighted by Crippen LogP contribution is -2.15. The number of pyridine rings is 1. The smallest absolute Gasteiger partial charge is 0.256 e. The summed E-state index contributed by atoms with van der Waals surface area (Å²) in [6.07, 6.45) is 4.49. The van der Waals surface area contributed by atoms with Crippen LogP contribution in [0.5, 0.6) is 0 Å². The summed E-state index contributed by atoms with van der Waals surface area (Å²) in [5.74, 6) is 5.42. The van der Waals surface area contributed by atoms with Crippen LogP contribution >= 0.6 is 11.6 Å². The van der Waals surface area contributed by atoms with Gasteiger partial charge in [-0.25, -0.2) is 9.37 Å². The van der Waals surface area contributed by atoms with E-state index >= 15 is 0 Å². The Hall–Kier alpha value is -4.22. The molecule has 164 valence electrons. The normalized spacial score (nSPS) is 10.4. The van der Waals surface area contributed by atoms with E-state index in [4.69, 9.17) is 17.3 Å². The summed E-state index contributed by atoms with van der Waals surface area (Å²) >= 11 is 6.29. The molecular weight excluding hydrogens is 443 g/mol. The Morgan fingerprint density at radius 2 is 1.91 bits per heavy atom. The first kappa shape index (κ1) is 22.0. The van der Waals surface area contributed by atoms with Gasteiger partial charge in [-0.1, -0.05) is 17.5 Å². The Balaban J connectivity index is 1.67. The second-order valence-corrected chi connectivity index (χ2v) is 7.53. The predicted molar refractivity (Wildman–Crippen MR) is 126 cm³/mol. The Kier molecular flexibility index (Phi) is 6.07. The zero-order valence-corrected chi connectivity index (χ0v) is 18.5. The van der Waals surface area contributed by atoms with Crippen molar-refractivity contribution in [2.24, 2.45) is 0 Å². The summed E-state index contributed by atoms with van der Waals surface area (Å²) in [6.45, 7) is 3.50. The summed E-state index contributed by atoms with van der Waals surface area (Å²) in [5, 5.41) is 11.1. The van der Waals surface area contributed by atoms with E-state index in [1.165, 1.54) is 35.5 Å². The molecule has 1 amide bonds. The maximum absolute atomic E-state index is 13.5. The molecule has 0 radical (unpaired) electrons. The number of carbonyl (C=O) groups excluding carboxylic acids is 1. The van der Waals surface area contributed by atoms with Gasteiger partial charge in [-0.3, -0.25) is 4.79 Å². The predicted octanol–water partition coefficient (Wildman–Crippen LogP) is 4.64. The number of nitrogens with zero attached hydrogens (tertiary/aromatic N) is 4. The highest BCUT2D eigenvalue weighted by Crippen LogP contribution is 2.32. The summed E-state index contributed by atoms with van der Waals surface area (Å²) in [5.41, 5.74) is 9.82. The second kappa shape index (κ2) is 9.10. The lowest BCUT2D eigenvalue weighted by atomic mass is 9.93. The number of nitrogens with one attached hydrogen (secondary N) is 1. The highest BCUT2D eigenvalue weighted by Gasteiger charge is 2.17. The van der Waals surface area contributed by atoms with Crippen LogP contribution in [0.1, 0.15) is 28.4 Å². The van der Waals surface area contributed by atoms with Crippen molar-refractivity contribution in [2.45, 2.75) is 13.8 Å². The number of aromatic nitrogens is 4. The van der Waals surface area contributed by atoms with E-state index in [1.807, 2.05) is 6.07 Å². The molecule has 4 rings (SSSR count). The van der Waals surface area contributed by atoms with Crippen molar-refractivity contribution in [3.8, 4) is 28.8 Å². The Morgan fingerprint density at radius 1 is 1.15 bits per heavy atom. The summed E-state index contributed by atoms with van der Waals surface area (Å²) < 4.78 is 13.5. The van der Waals surface area contributed by atoms with E-state index in [0.29, 0.717) is 39.4 Å². The highest BCUT2D eigenvalue weighted by molar-refractivity contribution is 6.32. The number of anilines is 2. The van der Waals surface area contributed by atoms with Crippen molar-refractivity contribution in [1.82, 2.24) is 20.0 Å². The molecule has 33 heavy (non-hydrogen) atoms. The van der Waals surface area contributed by atoms with Crippen molar-refractivity contribution in [2.75, 3.05) is 11.1 Å². The third-order valence-electron chi connectivity index (χ3n) is 4.86. The molecule has 0 aliphatic carbocycles. The fourth-order valence-electron chi connectivity index (χ4n) is 3.36. The number of halogens is 2. The number of nitrogen functional groups attached to an aromatic ring is 1. The minimum atomic E-state index is -0.422. The molecule has 2 aromatic carbocycles. The number of aryl methyl sites for hydroxylation is 1. The molecule has 0 atom stereocenters. The van der Waals surface area contributed by atoms with E-state index in [-0.39, 0.29) is 10.9 Å². The first-order valence-electron chi connectivity index (χ1n) is 9.83. The number of hydrogen-bond acceptors (Lipinski definition) is 5. The van der Waals surface area contributed by atoms with Crippen LogP contribution in [0.2, 0.25) is 5.02 Å². The minimum absolute atomic E-state index is 0.278. The van der Waals surface area contributed by atoms with Gasteiger partial charge >= 0.3 is 0 Å². The van der Waals surface area contributed by atoms with Gasteiger partial charge in [0.2, 0.25) is 0 Å². The van der Waals surface area contributed by atoms with E-state index < -0.39 is 5.82 Å². The van der Waals surface area contributed by atoms with Crippen molar-refractivity contribution in [3.63, 3.8) is 0 Å². The zero-order valence-electron chi connectivity index (χ0n) is 17.7. The van der Waals surface area contributed by atoms with Gasteiger partial charge in [0.1, 0.15) is 5.82 Å². The maximum Gasteiger partial charge on any atom is 0.256 e. The van der Waals surface area contributed by atoms with Gasteiger partial charge in [-0.05, 0) is 61.4 Å². The van der Waals surface area contributed by atoms with Gasteiger partial charge in [0.05, 0.1) is 29.3 Å². The van der Waals surface area contributed by atoms with Crippen LogP contribution in [0, 0.1) is 24.6 Å². The molecule has 0 bridgehead atoms. The maximum atomic E-state index is 13.5. The van der Waals surface area contributed by atoms with Crippen molar-refractivity contribution in [3.05, 3.63) is 82.5 Å². The van der Waals surface area contributed by atoms with Crippen LogP contribution < -0.4 is 11.1 Å². The molecule has 0 aliphatic rings.